The molecule has 95 valence electrons. The molecule has 17 heavy (non-hydrogen) atoms. The summed E-state index contributed by atoms with van der Waals surface area (Å²) in [6, 6.07) is 0. The van der Waals surface area contributed by atoms with E-state index >= 15 is 0 Å². The maximum Gasteiger partial charge on any atom is -1.00 e. The van der Waals surface area contributed by atoms with Crippen LogP contribution < -0.4 is 30.1 Å². The van der Waals surface area contributed by atoms with Gasteiger partial charge in [0.05, 0.1) is 0 Å². The largest absolute Gasteiger partial charge is 1.00 e. The Hall–Kier alpha value is 0.244. The van der Waals surface area contributed by atoms with Crippen molar-refractivity contribution in [2.24, 2.45) is 0 Å². The van der Waals surface area contributed by atoms with Crippen molar-refractivity contribution < 1.29 is 47.5 Å². The maximum absolute atomic E-state index is 10.8. The Kier molecular flexibility index (Phi) is 6.01. The third-order valence-corrected chi connectivity index (χ3v) is 7.98. The molecule has 1 unspecified atom stereocenters. The Balaban J connectivity index is 0.00000128. The SMILES string of the molecule is CC1=C(C)C(C)(NC=O)[C]([Ti+2]2[CH2][CH2]2)=C1C.[Cl-].[Cl-]. The molecule has 1 N–H and O–H groups in total. The quantitative estimate of drug-likeness (QED) is 0.427. The average molecular weight is 311 g/mol. The molecule has 0 aromatic rings. The summed E-state index contributed by atoms with van der Waals surface area (Å²) in [5.74, 6) is 0. The van der Waals surface area contributed by atoms with E-state index in [1.165, 1.54) is 26.2 Å². The average Bonchev–Trinajstić information content (AvgIpc) is 2.97. The van der Waals surface area contributed by atoms with E-state index in [0.717, 1.165) is 6.41 Å². The van der Waals surface area contributed by atoms with Gasteiger partial charge in [-0.2, -0.15) is 0 Å². The summed E-state index contributed by atoms with van der Waals surface area (Å²) < 4.78 is 4.51. The van der Waals surface area contributed by atoms with E-state index in [0.29, 0.717) is 0 Å². The molecule has 0 spiro atoms. The summed E-state index contributed by atoms with van der Waals surface area (Å²) in [5.41, 5.74) is 4.07. The number of carbonyl (C=O) groups excluding carboxylic acids is 1. The van der Waals surface area contributed by atoms with E-state index in [1.54, 1.807) is 3.88 Å². The van der Waals surface area contributed by atoms with Crippen LogP contribution in [0, 0.1) is 0 Å². The van der Waals surface area contributed by atoms with Gasteiger partial charge in [0.1, 0.15) is 0 Å². The third-order valence-electron chi connectivity index (χ3n) is 3.95. The van der Waals surface area contributed by atoms with Gasteiger partial charge in [-0.25, -0.2) is 0 Å². The van der Waals surface area contributed by atoms with Crippen molar-refractivity contribution in [2.45, 2.75) is 42.7 Å². The molecular weight excluding hydrogens is 293 g/mol. The fourth-order valence-corrected chi connectivity index (χ4v) is 7.05. The smallest absolute Gasteiger partial charge is 1.00 e. The molecule has 1 aliphatic carbocycles. The monoisotopic (exact) mass is 310 g/mol. The summed E-state index contributed by atoms with van der Waals surface area (Å²) in [5, 5.41) is 3.05. The minimum atomic E-state index is -0.918. The van der Waals surface area contributed by atoms with E-state index in [1.807, 2.05) is 0 Å². The first-order chi connectivity index (χ1) is 7.02. The molecule has 0 saturated carbocycles. The number of nitrogens with one attached hydrogen (secondary N) is 1. The first-order valence-corrected chi connectivity index (χ1v) is 8.47. The Morgan fingerprint density at radius 1 is 1.18 bits per heavy atom. The Morgan fingerprint density at radius 3 is 2.12 bits per heavy atom. The van der Waals surface area contributed by atoms with Gasteiger partial charge in [-0.05, 0) is 0 Å². The van der Waals surface area contributed by atoms with Crippen molar-refractivity contribution in [3.05, 3.63) is 20.6 Å². The molecule has 2 aliphatic rings. The number of amides is 1. The molecule has 1 heterocycles. The first-order valence-electron chi connectivity index (χ1n) is 5.48. The molecular formula is C12H18Cl2NOTi. The van der Waals surface area contributed by atoms with Crippen LogP contribution in [-0.2, 0) is 22.7 Å². The topological polar surface area (TPSA) is 29.1 Å². The van der Waals surface area contributed by atoms with Gasteiger partial charge in [0.2, 0.25) is 0 Å². The van der Waals surface area contributed by atoms with Crippen LogP contribution >= 0.6 is 0 Å². The fourth-order valence-electron chi connectivity index (χ4n) is 2.64. The second kappa shape index (κ2) is 5.92. The fraction of sp³-hybridized carbons (Fsp3) is 0.583. The summed E-state index contributed by atoms with van der Waals surface area (Å²) in [6.07, 6.45) is 0.858. The van der Waals surface area contributed by atoms with Crippen LogP contribution in [0.25, 0.3) is 0 Å². The van der Waals surface area contributed by atoms with Gasteiger partial charge >= 0.3 is 97.7 Å². The van der Waals surface area contributed by atoms with Crippen LogP contribution in [0.2, 0.25) is 9.45 Å². The van der Waals surface area contributed by atoms with E-state index in [2.05, 4.69) is 33.0 Å². The number of rotatable bonds is 3. The Labute approximate surface area is 122 Å². The van der Waals surface area contributed by atoms with Crippen LogP contribution in [0.3, 0.4) is 0 Å². The second-order valence-corrected chi connectivity index (χ2v) is 8.97. The molecule has 2 nitrogen and oxygen atoms in total. The maximum atomic E-state index is 10.8. The Bertz CT molecular complexity index is 388. The summed E-state index contributed by atoms with van der Waals surface area (Å²) in [6.45, 7) is 8.74. The predicted octanol–water partition coefficient (Wildman–Crippen LogP) is -3.41. The first kappa shape index (κ1) is 17.2. The van der Waals surface area contributed by atoms with Gasteiger partial charge in [0.25, 0.3) is 0 Å². The van der Waals surface area contributed by atoms with Gasteiger partial charge in [-0.1, -0.05) is 0 Å². The molecule has 0 aromatic heterocycles. The minimum absolute atomic E-state index is 0. The number of hydrogen-bond acceptors (Lipinski definition) is 1. The van der Waals surface area contributed by atoms with Crippen LogP contribution in [0.15, 0.2) is 20.6 Å². The molecule has 5 heteroatoms. The zero-order valence-electron chi connectivity index (χ0n) is 10.7. The number of hydrogen-bond donors (Lipinski definition) is 1. The second-order valence-electron chi connectivity index (χ2n) is 4.74. The summed E-state index contributed by atoms with van der Waals surface area (Å²) in [7, 11) is 0. The van der Waals surface area contributed by atoms with Gasteiger partial charge in [0.15, 0.2) is 0 Å². The molecule has 1 aliphatic heterocycles. The van der Waals surface area contributed by atoms with E-state index in [4.69, 9.17) is 0 Å². The van der Waals surface area contributed by atoms with Gasteiger partial charge in [-0.15, -0.1) is 0 Å². The van der Waals surface area contributed by atoms with Gasteiger partial charge in [-0.3, -0.25) is 0 Å². The number of carbonyl (C=O) groups is 1. The third kappa shape index (κ3) is 2.65. The van der Waals surface area contributed by atoms with E-state index in [-0.39, 0.29) is 30.4 Å². The minimum Gasteiger partial charge on any atom is -1.00 e. The van der Waals surface area contributed by atoms with Crippen molar-refractivity contribution in [1.82, 2.24) is 5.32 Å². The van der Waals surface area contributed by atoms with Crippen LogP contribution in [0.5, 0.6) is 0 Å². The molecule has 0 radical (unpaired) electrons. The summed E-state index contributed by atoms with van der Waals surface area (Å²) >= 11 is -0.918. The molecule has 1 fully saturated rings. The molecule has 0 aromatic carbocycles. The normalized spacial score (nSPS) is 26.5. The van der Waals surface area contributed by atoms with E-state index in [9.17, 15) is 4.79 Å². The summed E-state index contributed by atoms with van der Waals surface area (Å²) in [4.78, 5) is 10.8. The number of halogens is 2. The van der Waals surface area contributed by atoms with Gasteiger partial charge < -0.3 is 24.8 Å². The van der Waals surface area contributed by atoms with Crippen molar-refractivity contribution in [3.63, 3.8) is 0 Å². The molecule has 1 atom stereocenters. The van der Waals surface area contributed by atoms with Crippen LogP contribution in [0.1, 0.15) is 27.7 Å². The Morgan fingerprint density at radius 2 is 1.71 bits per heavy atom. The van der Waals surface area contributed by atoms with Gasteiger partial charge in [0, 0.05) is 0 Å². The molecule has 1 amide bonds. The van der Waals surface area contributed by atoms with Crippen molar-refractivity contribution in [1.29, 1.82) is 0 Å². The van der Waals surface area contributed by atoms with Crippen molar-refractivity contribution in [3.8, 4) is 0 Å². The van der Waals surface area contributed by atoms with Crippen LogP contribution in [-0.4, -0.2) is 11.9 Å². The van der Waals surface area contributed by atoms with Crippen molar-refractivity contribution >= 4 is 6.41 Å². The zero-order valence-corrected chi connectivity index (χ0v) is 13.7. The number of allylic oxidation sites excluding steroid dienone is 2. The standard InChI is InChI=1S/C10H14NO.C2H4.2ClH.Ti/c1-7-5-10(4,11-6-12)9(3)8(7)2;1-2;;;/h6H,1-4H3,(H,11,12);1-2H2;2*1H;/q;;;;+2/p-2. The zero-order chi connectivity index (χ0) is 11.2. The van der Waals surface area contributed by atoms with Crippen LogP contribution in [0.4, 0.5) is 0 Å². The molecule has 2 rings (SSSR count). The van der Waals surface area contributed by atoms with E-state index < -0.39 is 17.9 Å². The predicted molar refractivity (Wildman–Crippen MR) is 58.3 cm³/mol. The molecule has 1 saturated heterocycles. The molecule has 0 bridgehead atoms. The van der Waals surface area contributed by atoms with Crippen molar-refractivity contribution in [2.75, 3.05) is 0 Å².